The Bertz CT molecular complexity index is 264. The summed E-state index contributed by atoms with van der Waals surface area (Å²) < 4.78 is 5.27. The van der Waals surface area contributed by atoms with Crippen molar-refractivity contribution in [3.8, 4) is 0 Å². The molecule has 0 saturated carbocycles. The minimum absolute atomic E-state index is 0. The van der Waals surface area contributed by atoms with Crippen molar-refractivity contribution in [2.24, 2.45) is 5.92 Å². The maximum Gasteiger partial charge on any atom is 0.234 e. The van der Waals surface area contributed by atoms with E-state index in [1.54, 1.807) is 0 Å². The Labute approximate surface area is 123 Å². The van der Waals surface area contributed by atoms with Crippen LogP contribution in [0.25, 0.3) is 0 Å². The van der Waals surface area contributed by atoms with Crippen LogP contribution in [0.3, 0.4) is 0 Å². The van der Waals surface area contributed by atoms with Crippen LogP contribution in [0.4, 0.5) is 0 Å². The molecule has 1 aliphatic rings. The van der Waals surface area contributed by atoms with Gasteiger partial charge in [0.15, 0.2) is 0 Å². The molecule has 1 rings (SSSR count). The van der Waals surface area contributed by atoms with Gasteiger partial charge in [0.1, 0.15) is 0 Å². The predicted octanol–water partition coefficient (Wildman–Crippen LogP) is 2.07. The number of hydrogen-bond acceptors (Lipinski definition) is 3. The van der Waals surface area contributed by atoms with Crippen molar-refractivity contribution >= 4 is 18.3 Å². The third-order valence-electron chi connectivity index (χ3n) is 3.30. The number of halogens is 1. The lowest BCUT2D eigenvalue weighted by atomic mass is 9.94. The average molecular weight is 293 g/mol. The van der Waals surface area contributed by atoms with Crippen LogP contribution in [-0.2, 0) is 9.53 Å². The number of carbonyl (C=O) groups excluding carboxylic acids is 1. The fourth-order valence-corrected chi connectivity index (χ4v) is 2.09. The largest absolute Gasteiger partial charge is 0.379 e. The zero-order valence-corrected chi connectivity index (χ0v) is 13.5. The van der Waals surface area contributed by atoms with Gasteiger partial charge < -0.3 is 10.1 Å². The van der Waals surface area contributed by atoms with Crippen LogP contribution in [0.5, 0.6) is 0 Å². The second-order valence-electron chi connectivity index (χ2n) is 6.25. The highest BCUT2D eigenvalue weighted by Crippen LogP contribution is 2.15. The summed E-state index contributed by atoms with van der Waals surface area (Å²) in [7, 11) is 0. The van der Waals surface area contributed by atoms with E-state index in [9.17, 15) is 4.79 Å². The number of nitrogens with zero attached hydrogens (tertiary/aromatic N) is 1. The van der Waals surface area contributed by atoms with E-state index >= 15 is 0 Å². The standard InChI is InChI=1S/C14H28N2O2.ClH/c1-12(2)5-6-14(3,4)15-13(17)11-16-7-9-18-10-8-16;/h12H,5-11H2,1-4H3,(H,15,17);1H. The molecule has 0 aromatic heterocycles. The average Bonchev–Trinajstić information content (AvgIpc) is 2.27. The van der Waals surface area contributed by atoms with Crippen molar-refractivity contribution in [3.05, 3.63) is 0 Å². The summed E-state index contributed by atoms with van der Waals surface area (Å²) in [6.07, 6.45) is 2.17. The van der Waals surface area contributed by atoms with Crippen molar-refractivity contribution in [1.29, 1.82) is 0 Å². The molecule has 0 spiro atoms. The highest BCUT2D eigenvalue weighted by Gasteiger charge is 2.22. The van der Waals surface area contributed by atoms with Gasteiger partial charge in [-0.3, -0.25) is 9.69 Å². The van der Waals surface area contributed by atoms with E-state index in [4.69, 9.17) is 4.74 Å². The van der Waals surface area contributed by atoms with Crippen molar-refractivity contribution in [3.63, 3.8) is 0 Å². The van der Waals surface area contributed by atoms with Crippen molar-refractivity contribution in [1.82, 2.24) is 10.2 Å². The molecule has 0 atom stereocenters. The topological polar surface area (TPSA) is 41.6 Å². The number of morpholine rings is 1. The molecule has 0 aromatic rings. The summed E-state index contributed by atoms with van der Waals surface area (Å²) in [5.74, 6) is 0.811. The fraction of sp³-hybridized carbons (Fsp3) is 0.929. The number of amides is 1. The predicted molar refractivity (Wildman–Crippen MR) is 80.8 cm³/mol. The molecule has 0 unspecified atom stereocenters. The third kappa shape index (κ3) is 8.45. The van der Waals surface area contributed by atoms with E-state index in [0.717, 1.165) is 39.1 Å². The molecule has 1 heterocycles. The molecule has 0 bridgehead atoms. The SMILES string of the molecule is CC(C)CCC(C)(C)NC(=O)CN1CCOCC1.Cl. The van der Waals surface area contributed by atoms with E-state index in [-0.39, 0.29) is 23.9 Å². The smallest absolute Gasteiger partial charge is 0.234 e. The molecule has 1 N–H and O–H groups in total. The first-order valence-electron chi connectivity index (χ1n) is 7.00. The number of carbonyl (C=O) groups is 1. The fourth-order valence-electron chi connectivity index (χ4n) is 2.09. The lowest BCUT2D eigenvalue weighted by Gasteiger charge is -2.30. The summed E-state index contributed by atoms with van der Waals surface area (Å²) in [5, 5.41) is 3.14. The summed E-state index contributed by atoms with van der Waals surface area (Å²) in [6, 6.07) is 0. The van der Waals surface area contributed by atoms with Gasteiger partial charge in [-0.2, -0.15) is 0 Å². The van der Waals surface area contributed by atoms with Crippen LogP contribution < -0.4 is 5.32 Å². The lowest BCUT2D eigenvalue weighted by Crippen LogP contribution is -2.49. The van der Waals surface area contributed by atoms with Crippen LogP contribution in [0.1, 0.15) is 40.5 Å². The molecule has 0 aromatic carbocycles. The van der Waals surface area contributed by atoms with Gasteiger partial charge in [0.25, 0.3) is 0 Å². The van der Waals surface area contributed by atoms with Gasteiger partial charge in [-0.1, -0.05) is 13.8 Å². The van der Waals surface area contributed by atoms with Crippen molar-refractivity contribution in [2.75, 3.05) is 32.8 Å². The summed E-state index contributed by atoms with van der Waals surface area (Å²) in [5.41, 5.74) is -0.104. The summed E-state index contributed by atoms with van der Waals surface area (Å²) in [6.45, 7) is 12.3. The Hall–Kier alpha value is -0.320. The monoisotopic (exact) mass is 292 g/mol. The maximum absolute atomic E-state index is 12.0. The van der Waals surface area contributed by atoms with E-state index in [1.165, 1.54) is 0 Å². The van der Waals surface area contributed by atoms with Crippen molar-refractivity contribution in [2.45, 2.75) is 46.1 Å². The highest BCUT2D eigenvalue weighted by atomic mass is 35.5. The van der Waals surface area contributed by atoms with Gasteiger partial charge in [-0.05, 0) is 32.6 Å². The normalized spacial score (nSPS) is 17.1. The summed E-state index contributed by atoms with van der Waals surface area (Å²) in [4.78, 5) is 14.1. The molecule has 114 valence electrons. The first kappa shape index (κ1) is 18.7. The maximum atomic E-state index is 12.0. The number of hydrogen-bond donors (Lipinski definition) is 1. The Morgan fingerprint density at radius 3 is 2.42 bits per heavy atom. The van der Waals surface area contributed by atoms with Gasteiger partial charge in [0.05, 0.1) is 19.8 Å². The van der Waals surface area contributed by atoms with Crippen molar-refractivity contribution < 1.29 is 9.53 Å². The number of nitrogens with one attached hydrogen (secondary N) is 1. The second-order valence-corrected chi connectivity index (χ2v) is 6.25. The third-order valence-corrected chi connectivity index (χ3v) is 3.30. The molecule has 19 heavy (non-hydrogen) atoms. The van der Waals surface area contributed by atoms with Crippen LogP contribution >= 0.6 is 12.4 Å². The minimum atomic E-state index is -0.104. The molecular weight excluding hydrogens is 264 g/mol. The first-order valence-corrected chi connectivity index (χ1v) is 7.00. The summed E-state index contributed by atoms with van der Waals surface area (Å²) >= 11 is 0. The zero-order chi connectivity index (χ0) is 13.6. The Morgan fingerprint density at radius 1 is 1.32 bits per heavy atom. The van der Waals surface area contributed by atoms with Crippen LogP contribution in [0, 0.1) is 5.92 Å². The Morgan fingerprint density at radius 2 is 1.89 bits per heavy atom. The molecule has 1 amide bonds. The highest BCUT2D eigenvalue weighted by molar-refractivity contribution is 5.85. The quantitative estimate of drug-likeness (QED) is 0.815. The second kappa shape index (κ2) is 8.77. The first-order chi connectivity index (χ1) is 8.39. The Kier molecular flexibility index (Phi) is 8.62. The van der Waals surface area contributed by atoms with Gasteiger partial charge >= 0.3 is 0 Å². The number of rotatable bonds is 6. The van der Waals surface area contributed by atoms with Crippen LogP contribution in [0.2, 0.25) is 0 Å². The molecule has 1 aliphatic heterocycles. The molecule has 0 aliphatic carbocycles. The van der Waals surface area contributed by atoms with E-state index < -0.39 is 0 Å². The molecule has 5 heteroatoms. The lowest BCUT2D eigenvalue weighted by molar-refractivity contribution is -0.124. The van der Waals surface area contributed by atoms with Gasteiger partial charge in [-0.25, -0.2) is 0 Å². The van der Waals surface area contributed by atoms with Gasteiger partial charge in [0.2, 0.25) is 5.91 Å². The van der Waals surface area contributed by atoms with Gasteiger partial charge in [0, 0.05) is 18.6 Å². The molecule has 1 fully saturated rings. The van der Waals surface area contributed by atoms with E-state index in [1.807, 2.05) is 0 Å². The molecule has 1 saturated heterocycles. The van der Waals surface area contributed by atoms with Crippen LogP contribution in [0.15, 0.2) is 0 Å². The molecule has 4 nitrogen and oxygen atoms in total. The van der Waals surface area contributed by atoms with E-state index in [2.05, 4.69) is 37.9 Å². The number of ether oxygens (including phenoxy) is 1. The zero-order valence-electron chi connectivity index (χ0n) is 12.7. The van der Waals surface area contributed by atoms with E-state index in [0.29, 0.717) is 12.5 Å². The molecular formula is C14H29ClN2O2. The minimum Gasteiger partial charge on any atom is -0.379 e. The van der Waals surface area contributed by atoms with Gasteiger partial charge in [-0.15, -0.1) is 12.4 Å². The molecule has 0 radical (unpaired) electrons. The Balaban J connectivity index is 0.00000324. The van der Waals surface area contributed by atoms with Crippen LogP contribution in [-0.4, -0.2) is 49.2 Å².